The maximum atomic E-state index is 8.11. The van der Waals surface area contributed by atoms with Gasteiger partial charge in [-0.15, -0.1) is 5.92 Å². The van der Waals surface area contributed by atoms with Gasteiger partial charge in [0.1, 0.15) is 0 Å². The van der Waals surface area contributed by atoms with Gasteiger partial charge < -0.3 is 20.4 Å². The van der Waals surface area contributed by atoms with E-state index in [1.54, 1.807) is 6.92 Å². The van der Waals surface area contributed by atoms with E-state index in [0.29, 0.717) is 6.42 Å². The molecule has 0 spiro atoms. The zero-order valence-corrected chi connectivity index (χ0v) is 7.36. The summed E-state index contributed by atoms with van der Waals surface area (Å²) in [5, 5.41) is 32.1. The largest absolute Gasteiger partial charge is 0.368 e. The maximum Gasteiger partial charge on any atom is 0.217 e. The Kier molecular flexibility index (Phi) is 12.1. The van der Waals surface area contributed by atoms with Gasteiger partial charge >= 0.3 is 0 Å². The monoisotopic (exact) mass is 176 g/mol. The van der Waals surface area contributed by atoms with Crippen molar-refractivity contribution in [2.24, 2.45) is 0 Å². The highest BCUT2D eigenvalue weighted by Gasteiger charge is 1.89. The lowest BCUT2D eigenvalue weighted by Gasteiger charge is -1.94. The molecule has 0 aliphatic carbocycles. The van der Waals surface area contributed by atoms with E-state index >= 15 is 0 Å². The van der Waals surface area contributed by atoms with Crippen LogP contribution in [-0.4, -0.2) is 33.0 Å². The fraction of sp³-hybridized carbons (Fsp3) is 0.750. The van der Waals surface area contributed by atoms with Gasteiger partial charge in [0.2, 0.25) is 6.29 Å². The van der Waals surface area contributed by atoms with Gasteiger partial charge in [0, 0.05) is 0 Å². The van der Waals surface area contributed by atoms with Crippen molar-refractivity contribution in [1.82, 2.24) is 0 Å². The van der Waals surface area contributed by atoms with E-state index in [-0.39, 0.29) is 0 Å². The number of hydrogen-bond donors (Lipinski definition) is 4. The standard InChI is InChI=1S/C4H10O2.C4H6O2/c2*1-2-3-4(5)6/h4-6H,2-3H2,1H3;4-6H,1H3. The summed E-state index contributed by atoms with van der Waals surface area (Å²) in [4.78, 5) is 0. The molecule has 0 amide bonds. The second-order valence-corrected chi connectivity index (χ2v) is 2.04. The van der Waals surface area contributed by atoms with Crippen molar-refractivity contribution in [3.63, 3.8) is 0 Å². The van der Waals surface area contributed by atoms with Crippen LogP contribution in [0.3, 0.4) is 0 Å². The van der Waals surface area contributed by atoms with E-state index in [4.69, 9.17) is 20.4 Å². The number of hydrogen-bond acceptors (Lipinski definition) is 4. The van der Waals surface area contributed by atoms with Crippen molar-refractivity contribution < 1.29 is 20.4 Å². The molecular formula is C8H16O4. The van der Waals surface area contributed by atoms with Crippen LogP contribution in [0.1, 0.15) is 26.7 Å². The Balaban J connectivity index is 0. The van der Waals surface area contributed by atoms with Crippen molar-refractivity contribution in [2.75, 3.05) is 0 Å². The average molecular weight is 176 g/mol. The smallest absolute Gasteiger partial charge is 0.217 e. The van der Waals surface area contributed by atoms with Crippen LogP contribution in [0.4, 0.5) is 0 Å². The highest BCUT2D eigenvalue weighted by Crippen LogP contribution is 1.88. The molecule has 0 aliphatic rings. The van der Waals surface area contributed by atoms with E-state index in [2.05, 4.69) is 11.8 Å². The molecule has 0 radical (unpaired) electrons. The van der Waals surface area contributed by atoms with Gasteiger partial charge in [0.25, 0.3) is 0 Å². The van der Waals surface area contributed by atoms with Crippen LogP contribution in [0.15, 0.2) is 0 Å². The minimum Gasteiger partial charge on any atom is -0.368 e. The van der Waals surface area contributed by atoms with Crippen LogP contribution in [-0.2, 0) is 0 Å². The van der Waals surface area contributed by atoms with E-state index in [9.17, 15) is 0 Å². The SMILES string of the molecule is CC#CC(O)O.CCCC(O)O. The Hall–Kier alpha value is -0.600. The molecule has 4 heteroatoms. The third kappa shape index (κ3) is 22.7. The van der Waals surface area contributed by atoms with E-state index in [1.807, 2.05) is 6.92 Å². The van der Waals surface area contributed by atoms with E-state index in [1.165, 1.54) is 0 Å². The van der Waals surface area contributed by atoms with Gasteiger partial charge in [-0.25, -0.2) is 0 Å². The molecule has 0 unspecified atom stereocenters. The predicted molar refractivity (Wildman–Crippen MR) is 44.8 cm³/mol. The zero-order valence-electron chi connectivity index (χ0n) is 7.36. The molecule has 0 heterocycles. The van der Waals surface area contributed by atoms with Gasteiger partial charge in [-0.2, -0.15) is 0 Å². The molecule has 0 saturated carbocycles. The summed E-state index contributed by atoms with van der Waals surface area (Å²) in [6.45, 7) is 3.44. The Bertz CT molecular complexity index is 132. The summed E-state index contributed by atoms with van der Waals surface area (Å²) in [5.41, 5.74) is 0. The normalized spacial score (nSPS) is 8.67. The predicted octanol–water partition coefficient (Wildman–Crippen LogP) is -0.582. The Labute approximate surface area is 72.5 Å². The molecule has 0 aromatic carbocycles. The third-order valence-electron chi connectivity index (χ3n) is 0.820. The van der Waals surface area contributed by atoms with Crippen LogP contribution in [0.2, 0.25) is 0 Å². The van der Waals surface area contributed by atoms with Crippen LogP contribution < -0.4 is 0 Å². The topological polar surface area (TPSA) is 80.9 Å². The zero-order chi connectivity index (χ0) is 9.98. The molecule has 4 N–H and O–H groups in total. The van der Waals surface area contributed by atoms with Crippen molar-refractivity contribution >= 4 is 0 Å². The molecule has 0 bridgehead atoms. The molecule has 0 saturated heterocycles. The first-order valence-electron chi connectivity index (χ1n) is 3.69. The van der Waals surface area contributed by atoms with Crippen LogP contribution >= 0.6 is 0 Å². The highest BCUT2D eigenvalue weighted by atomic mass is 16.5. The van der Waals surface area contributed by atoms with Crippen LogP contribution in [0.5, 0.6) is 0 Å². The van der Waals surface area contributed by atoms with Crippen LogP contribution in [0.25, 0.3) is 0 Å². The molecule has 0 aromatic rings. The van der Waals surface area contributed by atoms with Gasteiger partial charge in [-0.3, -0.25) is 0 Å². The van der Waals surface area contributed by atoms with E-state index < -0.39 is 12.6 Å². The average Bonchev–Trinajstić information content (AvgIpc) is 1.87. The lowest BCUT2D eigenvalue weighted by atomic mass is 10.3. The van der Waals surface area contributed by atoms with E-state index in [0.717, 1.165) is 6.42 Å². The molecule has 4 nitrogen and oxygen atoms in total. The Morgan fingerprint density at radius 1 is 1.17 bits per heavy atom. The summed E-state index contributed by atoms with van der Waals surface area (Å²) >= 11 is 0. The molecule has 0 atom stereocenters. The minimum atomic E-state index is -1.46. The second-order valence-electron chi connectivity index (χ2n) is 2.04. The summed E-state index contributed by atoms with van der Waals surface area (Å²) in [5.74, 6) is 4.39. The molecule has 0 rings (SSSR count). The van der Waals surface area contributed by atoms with Crippen molar-refractivity contribution in [3.8, 4) is 11.8 Å². The number of aliphatic hydroxyl groups excluding tert-OH is 2. The molecular weight excluding hydrogens is 160 g/mol. The molecule has 0 aromatic heterocycles. The second kappa shape index (κ2) is 10.4. The van der Waals surface area contributed by atoms with Crippen LogP contribution in [0, 0.1) is 11.8 Å². The fourth-order valence-corrected chi connectivity index (χ4v) is 0.387. The minimum absolute atomic E-state index is 0.486. The Morgan fingerprint density at radius 3 is 1.67 bits per heavy atom. The Morgan fingerprint density at radius 2 is 1.67 bits per heavy atom. The van der Waals surface area contributed by atoms with Gasteiger partial charge in [-0.1, -0.05) is 13.3 Å². The number of aliphatic hydroxyl groups is 4. The van der Waals surface area contributed by atoms with Crippen molar-refractivity contribution in [3.05, 3.63) is 0 Å². The maximum absolute atomic E-state index is 8.11. The fourth-order valence-electron chi connectivity index (χ4n) is 0.387. The highest BCUT2D eigenvalue weighted by molar-refractivity contribution is 4.96. The summed E-state index contributed by atoms with van der Waals surface area (Å²) < 4.78 is 0. The van der Waals surface area contributed by atoms with Gasteiger partial charge in [0.05, 0.1) is 0 Å². The van der Waals surface area contributed by atoms with Gasteiger partial charge in [-0.05, 0) is 19.3 Å². The number of rotatable bonds is 2. The lowest BCUT2D eigenvalue weighted by molar-refractivity contribution is -0.0453. The molecule has 72 valence electrons. The molecule has 12 heavy (non-hydrogen) atoms. The van der Waals surface area contributed by atoms with Gasteiger partial charge in [0.15, 0.2) is 6.29 Å². The van der Waals surface area contributed by atoms with Crippen molar-refractivity contribution in [2.45, 2.75) is 39.3 Å². The third-order valence-corrected chi connectivity index (χ3v) is 0.820. The molecule has 0 fully saturated rings. The van der Waals surface area contributed by atoms with Crippen molar-refractivity contribution in [1.29, 1.82) is 0 Å². The first-order chi connectivity index (χ1) is 5.54. The first kappa shape index (κ1) is 14.0. The molecule has 0 aliphatic heterocycles. The summed E-state index contributed by atoms with van der Waals surface area (Å²) in [6.07, 6.45) is -1.25. The quantitative estimate of drug-likeness (QED) is 0.335. The summed E-state index contributed by atoms with van der Waals surface area (Å²) in [7, 11) is 0. The summed E-state index contributed by atoms with van der Waals surface area (Å²) in [6, 6.07) is 0. The lowest BCUT2D eigenvalue weighted by Crippen LogP contribution is -2.01. The first-order valence-corrected chi connectivity index (χ1v) is 3.69.